The molecule has 0 amide bonds. The summed E-state index contributed by atoms with van der Waals surface area (Å²) in [6, 6.07) is 0. The van der Waals surface area contributed by atoms with Gasteiger partial charge in [0.15, 0.2) is 0 Å². The molecule has 3 saturated carbocycles. The van der Waals surface area contributed by atoms with E-state index in [4.69, 9.17) is 5.73 Å². The molecule has 0 radical (unpaired) electrons. The molecular weight excluding hydrogens is 242 g/mol. The first-order valence-corrected chi connectivity index (χ1v) is 9.55. The van der Waals surface area contributed by atoms with Crippen molar-refractivity contribution in [2.24, 2.45) is 35.3 Å². The summed E-state index contributed by atoms with van der Waals surface area (Å²) in [5.41, 5.74) is 6.02. The van der Waals surface area contributed by atoms with E-state index < -0.39 is 0 Å². The zero-order valence-electron chi connectivity index (χ0n) is 13.4. The van der Waals surface area contributed by atoms with Crippen molar-refractivity contribution in [2.75, 3.05) is 6.54 Å². The van der Waals surface area contributed by atoms with Gasteiger partial charge in [0.1, 0.15) is 0 Å². The largest absolute Gasteiger partial charge is 0.330 e. The van der Waals surface area contributed by atoms with Crippen LogP contribution in [0.2, 0.25) is 0 Å². The van der Waals surface area contributed by atoms with Gasteiger partial charge in [0.2, 0.25) is 0 Å². The lowest BCUT2D eigenvalue weighted by Crippen LogP contribution is -2.29. The summed E-state index contributed by atoms with van der Waals surface area (Å²) in [7, 11) is 0. The molecular formula is C19H35N. The smallest absolute Gasteiger partial charge is 0.00488 e. The van der Waals surface area contributed by atoms with Gasteiger partial charge in [0.25, 0.3) is 0 Å². The molecule has 3 rings (SSSR count). The van der Waals surface area contributed by atoms with Gasteiger partial charge in [-0.2, -0.15) is 0 Å². The number of hydrogen-bond acceptors (Lipinski definition) is 1. The van der Waals surface area contributed by atoms with E-state index >= 15 is 0 Å². The van der Waals surface area contributed by atoms with Gasteiger partial charge < -0.3 is 5.73 Å². The summed E-state index contributed by atoms with van der Waals surface area (Å²) in [5.74, 6) is 5.05. The molecule has 116 valence electrons. The Labute approximate surface area is 126 Å². The minimum Gasteiger partial charge on any atom is -0.330 e. The van der Waals surface area contributed by atoms with Crippen molar-refractivity contribution in [1.29, 1.82) is 0 Å². The Morgan fingerprint density at radius 2 is 1.30 bits per heavy atom. The van der Waals surface area contributed by atoms with E-state index in [0.717, 1.165) is 36.1 Å². The molecule has 3 aliphatic carbocycles. The molecule has 20 heavy (non-hydrogen) atoms. The maximum absolute atomic E-state index is 6.02. The van der Waals surface area contributed by atoms with Crippen molar-refractivity contribution in [3.8, 4) is 0 Å². The highest BCUT2D eigenvalue weighted by Crippen LogP contribution is 2.43. The van der Waals surface area contributed by atoms with Gasteiger partial charge in [-0.15, -0.1) is 0 Å². The molecule has 0 saturated heterocycles. The highest BCUT2D eigenvalue weighted by atomic mass is 14.6. The average molecular weight is 277 g/mol. The molecule has 4 unspecified atom stereocenters. The molecule has 0 heterocycles. The van der Waals surface area contributed by atoms with Gasteiger partial charge >= 0.3 is 0 Å². The third-order valence-electron chi connectivity index (χ3n) is 6.86. The van der Waals surface area contributed by atoms with Crippen LogP contribution >= 0.6 is 0 Å². The van der Waals surface area contributed by atoms with Crippen LogP contribution in [0, 0.1) is 29.6 Å². The zero-order chi connectivity index (χ0) is 13.8. The number of nitrogens with two attached hydrogens (primary N) is 1. The van der Waals surface area contributed by atoms with E-state index in [-0.39, 0.29) is 0 Å². The maximum Gasteiger partial charge on any atom is -0.00488 e. The molecule has 3 fully saturated rings. The van der Waals surface area contributed by atoms with Gasteiger partial charge in [-0.3, -0.25) is 0 Å². The SMILES string of the molecule is NCC1CCC2CCC(C1)CC(C1CCCCC1)CC2. The van der Waals surface area contributed by atoms with E-state index in [2.05, 4.69) is 0 Å². The molecule has 3 aliphatic rings. The van der Waals surface area contributed by atoms with Crippen molar-refractivity contribution >= 4 is 0 Å². The Hall–Kier alpha value is -0.0400. The van der Waals surface area contributed by atoms with Crippen LogP contribution < -0.4 is 5.73 Å². The summed E-state index contributed by atoms with van der Waals surface area (Å²) < 4.78 is 0. The van der Waals surface area contributed by atoms with Crippen molar-refractivity contribution in [3.05, 3.63) is 0 Å². The first-order valence-electron chi connectivity index (χ1n) is 9.55. The van der Waals surface area contributed by atoms with Crippen molar-refractivity contribution < 1.29 is 0 Å². The second kappa shape index (κ2) is 7.29. The first-order chi connectivity index (χ1) is 9.85. The third kappa shape index (κ3) is 3.78. The van der Waals surface area contributed by atoms with Crippen LogP contribution in [0.5, 0.6) is 0 Å². The summed E-state index contributed by atoms with van der Waals surface area (Å²) in [4.78, 5) is 0. The molecule has 4 atom stereocenters. The van der Waals surface area contributed by atoms with Crippen molar-refractivity contribution in [3.63, 3.8) is 0 Å². The molecule has 2 bridgehead atoms. The third-order valence-corrected chi connectivity index (χ3v) is 6.86. The number of hydrogen-bond donors (Lipinski definition) is 1. The fourth-order valence-corrected chi connectivity index (χ4v) is 5.54. The molecule has 2 N–H and O–H groups in total. The summed E-state index contributed by atoms with van der Waals surface area (Å²) in [6.45, 7) is 0.942. The molecule has 0 aromatic carbocycles. The quantitative estimate of drug-likeness (QED) is 0.743. The predicted molar refractivity (Wildman–Crippen MR) is 86.5 cm³/mol. The Morgan fingerprint density at radius 1 is 0.600 bits per heavy atom. The second-order valence-electron chi connectivity index (χ2n) is 8.20. The lowest BCUT2D eigenvalue weighted by Gasteiger charge is -2.39. The highest BCUT2D eigenvalue weighted by molar-refractivity contribution is 4.83. The van der Waals surface area contributed by atoms with Gasteiger partial charge in [0.05, 0.1) is 0 Å². The lowest BCUT2D eigenvalue weighted by molar-refractivity contribution is 0.130. The Balaban J connectivity index is 1.65. The topological polar surface area (TPSA) is 26.0 Å². The maximum atomic E-state index is 6.02. The fraction of sp³-hybridized carbons (Fsp3) is 1.00. The van der Waals surface area contributed by atoms with E-state index in [0.29, 0.717) is 0 Å². The molecule has 0 spiro atoms. The molecule has 0 aliphatic heterocycles. The minimum atomic E-state index is 0.841. The first kappa shape index (κ1) is 14.9. The van der Waals surface area contributed by atoms with Crippen molar-refractivity contribution in [1.82, 2.24) is 0 Å². The number of fused-ring (bicyclic) bond motifs is 3. The van der Waals surface area contributed by atoms with Gasteiger partial charge in [0, 0.05) is 0 Å². The monoisotopic (exact) mass is 277 g/mol. The molecule has 0 aromatic rings. The Kier molecular flexibility index (Phi) is 5.42. The Morgan fingerprint density at radius 3 is 2.10 bits per heavy atom. The van der Waals surface area contributed by atoms with Crippen LogP contribution in [0.4, 0.5) is 0 Å². The normalized spacial score (nSPS) is 40.6. The van der Waals surface area contributed by atoms with Crippen LogP contribution in [0.3, 0.4) is 0 Å². The van der Waals surface area contributed by atoms with Crippen LogP contribution in [-0.2, 0) is 0 Å². The summed E-state index contributed by atoms with van der Waals surface area (Å²) in [5, 5.41) is 0. The lowest BCUT2D eigenvalue weighted by atomic mass is 9.67. The van der Waals surface area contributed by atoms with E-state index in [1.807, 2.05) is 0 Å². The van der Waals surface area contributed by atoms with Crippen LogP contribution in [0.1, 0.15) is 83.5 Å². The average Bonchev–Trinajstić information content (AvgIpc) is 2.47. The zero-order valence-corrected chi connectivity index (χ0v) is 13.4. The second-order valence-corrected chi connectivity index (χ2v) is 8.20. The van der Waals surface area contributed by atoms with Crippen LogP contribution in [0.15, 0.2) is 0 Å². The van der Waals surface area contributed by atoms with E-state index in [1.54, 1.807) is 25.7 Å². The standard InChI is InChI=1S/C19H35N/c20-14-17-9-7-15-6-8-16(12-17)13-19(11-10-15)18-4-2-1-3-5-18/h15-19H,1-14,20H2. The van der Waals surface area contributed by atoms with Crippen molar-refractivity contribution in [2.45, 2.75) is 83.5 Å². The van der Waals surface area contributed by atoms with Crippen LogP contribution in [-0.4, -0.2) is 6.54 Å². The van der Waals surface area contributed by atoms with Crippen LogP contribution in [0.25, 0.3) is 0 Å². The summed E-state index contributed by atoms with van der Waals surface area (Å²) >= 11 is 0. The van der Waals surface area contributed by atoms with Gasteiger partial charge in [-0.25, -0.2) is 0 Å². The van der Waals surface area contributed by atoms with E-state index in [9.17, 15) is 0 Å². The molecule has 1 heteroatoms. The molecule has 1 nitrogen and oxygen atoms in total. The minimum absolute atomic E-state index is 0.841. The predicted octanol–water partition coefficient (Wildman–Crippen LogP) is 5.14. The highest BCUT2D eigenvalue weighted by Gasteiger charge is 2.31. The number of rotatable bonds is 2. The van der Waals surface area contributed by atoms with E-state index in [1.165, 1.54) is 57.8 Å². The molecule has 0 aromatic heterocycles. The van der Waals surface area contributed by atoms with Gasteiger partial charge in [-0.1, -0.05) is 57.8 Å². The fourth-order valence-electron chi connectivity index (χ4n) is 5.54. The Bertz CT molecular complexity index is 281. The summed E-state index contributed by atoms with van der Waals surface area (Å²) in [6.07, 6.45) is 19.7. The van der Waals surface area contributed by atoms with Gasteiger partial charge in [-0.05, 0) is 61.8 Å².